The van der Waals surface area contributed by atoms with Crippen LogP contribution in [-0.4, -0.2) is 46.9 Å². The van der Waals surface area contributed by atoms with Crippen LogP contribution in [0.4, 0.5) is 0 Å². The minimum Gasteiger partial charge on any atom is -0.481 e. The van der Waals surface area contributed by atoms with Gasteiger partial charge in [0.25, 0.3) is 5.89 Å². The Balaban J connectivity index is 1.83. The number of hydrogen-bond acceptors (Lipinski definition) is 8. The van der Waals surface area contributed by atoms with Crippen molar-refractivity contribution in [2.75, 3.05) is 26.8 Å². The van der Waals surface area contributed by atoms with Crippen LogP contribution in [0.15, 0.2) is 16.9 Å². The summed E-state index contributed by atoms with van der Waals surface area (Å²) < 4.78 is 15.8. The molecule has 1 atom stereocenters. The highest BCUT2D eigenvalue weighted by Crippen LogP contribution is 2.21. The maximum atomic E-state index is 5.54. The maximum Gasteiger partial charge on any atom is 0.257 e. The van der Waals surface area contributed by atoms with Crippen LogP contribution in [0, 0.1) is 0 Å². The zero-order chi connectivity index (χ0) is 13.1. The van der Waals surface area contributed by atoms with Crippen LogP contribution in [0.3, 0.4) is 0 Å². The zero-order valence-corrected chi connectivity index (χ0v) is 10.4. The molecule has 2 aromatic rings. The number of morpholine rings is 1. The molecule has 1 aliphatic rings. The van der Waals surface area contributed by atoms with E-state index < -0.39 is 0 Å². The SMILES string of the molecule is COc1cc(-c2noc(C3CNCCO3)n2)ncn1. The third kappa shape index (κ3) is 2.54. The first-order valence-corrected chi connectivity index (χ1v) is 5.89. The lowest BCUT2D eigenvalue weighted by Crippen LogP contribution is -2.33. The quantitative estimate of drug-likeness (QED) is 0.838. The van der Waals surface area contributed by atoms with Gasteiger partial charge in [0.15, 0.2) is 0 Å². The molecule has 100 valence electrons. The smallest absolute Gasteiger partial charge is 0.257 e. The molecule has 2 aromatic heterocycles. The summed E-state index contributed by atoms with van der Waals surface area (Å²) in [4.78, 5) is 12.3. The summed E-state index contributed by atoms with van der Waals surface area (Å²) in [5.41, 5.74) is 0.547. The second-order valence-corrected chi connectivity index (χ2v) is 3.97. The number of rotatable bonds is 3. The Morgan fingerprint density at radius 2 is 2.37 bits per heavy atom. The summed E-state index contributed by atoms with van der Waals surface area (Å²) in [6, 6.07) is 1.65. The van der Waals surface area contributed by atoms with Crippen molar-refractivity contribution in [3.05, 3.63) is 18.3 Å². The fourth-order valence-electron chi connectivity index (χ4n) is 1.77. The van der Waals surface area contributed by atoms with E-state index in [-0.39, 0.29) is 6.10 Å². The molecule has 0 aliphatic carbocycles. The van der Waals surface area contributed by atoms with Gasteiger partial charge in [-0.1, -0.05) is 5.16 Å². The largest absolute Gasteiger partial charge is 0.481 e. The number of nitrogens with zero attached hydrogens (tertiary/aromatic N) is 4. The lowest BCUT2D eigenvalue weighted by molar-refractivity contribution is 0.00755. The van der Waals surface area contributed by atoms with E-state index in [1.807, 2.05) is 0 Å². The van der Waals surface area contributed by atoms with E-state index in [0.717, 1.165) is 6.54 Å². The van der Waals surface area contributed by atoms with Crippen molar-refractivity contribution in [3.8, 4) is 17.4 Å². The molecular formula is C11H13N5O3. The number of methoxy groups -OCH3 is 1. The van der Waals surface area contributed by atoms with Crippen LogP contribution >= 0.6 is 0 Å². The Labute approximate surface area is 109 Å². The molecule has 1 saturated heterocycles. The first-order chi connectivity index (χ1) is 9.36. The highest BCUT2D eigenvalue weighted by Gasteiger charge is 2.23. The predicted octanol–water partition coefficient (Wildman–Crippen LogP) is 0.196. The van der Waals surface area contributed by atoms with Crippen LogP contribution in [0.5, 0.6) is 5.88 Å². The minimum atomic E-state index is -0.210. The van der Waals surface area contributed by atoms with E-state index in [9.17, 15) is 0 Å². The first kappa shape index (κ1) is 12.0. The van der Waals surface area contributed by atoms with Crippen LogP contribution in [0.25, 0.3) is 11.5 Å². The van der Waals surface area contributed by atoms with Crippen LogP contribution in [-0.2, 0) is 4.74 Å². The summed E-state index contributed by atoms with van der Waals surface area (Å²) in [6.45, 7) is 2.12. The highest BCUT2D eigenvalue weighted by molar-refractivity contribution is 5.49. The Morgan fingerprint density at radius 3 is 3.16 bits per heavy atom. The number of hydrogen-bond donors (Lipinski definition) is 1. The average molecular weight is 263 g/mol. The molecular weight excluding hydrogens is 250 g/mol. The molecule has 1 fully saturated rings. The molecule has 1 N–H and O–H groups in total. The molecule has 19 heavy (non-hydrogen) atoms. The Hall–Kier alpha value is -2.06. The van der Waals surface area contributed by atoms with Gasteiger partial charge in [-0.3, -0.25) is 0 Å². The molecule has 1 unspecified atom stereocenters. The molecule has 8 nitrogen and oxygen atoms in total. The summed E-state index contributed by atoms with van der Waals surface area (Å²) in [5, 5.41) is 7.10. The van der Waals surface area contributed by atoms with Gasteiger partial charge in [0.05, 0.1) is 13.7 Å². The summed E-state index contributed by atoms with van der Waals surface area (Å²) >= 11 is 0. The minimum absolute atomic E-state index is 0.210. The maximum absolute atomic E-state index is 5.54. The van der Waals surface area contributed by atoms with Crippen molar-refractivity contribution in [2.24, 2.45) is 0 Å². The first-order valence-electron chi connectivity index (χ1n) is 5.89. The lowest BCUT2D eigenvalue weighted by atomic mass is 10.3. The van der Waals surface area contributed by atoms with Crippen molar-refractivity contribution in [1.82, 2.24) is 25.4 Å². The second kappa shape index (κ2) is 5.29. The number of ether oxygens (including phenoxy) is 2. The predicted molar refractivity (Wildman–Crippen MR) is 63.4 cm³/mol. The van der Waals surface area contributed by atoms with Gasteiger partial charge < -0.3 is 19.3 Å². The van der Waals surface area contributed by atoms with Crippen molar-refractivity contribution in [2.45, 2.75) is 6.10 Å². The summed E-state index contributed by atoms with van der Waals surface area (Å²) in [5.74, 6) is 1.29. The third-order valence-electron chi connectivity index (χ3n) is 2.73. The van der Waals surface area contributed by atoms with Gasteiger partial charge >= 0.3 is 0 Å². The van der Waals surface area contributed by atoms with Gasteiger partial charge in [-0.25, -0.2) is 9.97 Å². The van der Waals surface area contributed by atoms with Gasteiger partial charge in [0, 0.05) is 19.2 Å². The van der Waals surface area contributed by atoms with Gasteiger partial charge in [-0.05, 0) is 0 Å². The van der Waals surface area contributed by atoms with Gasteiger partial charge in [0.1, 0.15) is 18.1 Å². The van der Waals surface area contributed by atoms with E-state index in [1.165, 1.54) is 13.4 Å². The zero-order valence-electron chi connectivity index (χ0n) is 10.4. The van der Waals surface area contributed by atoms with Gasteiger partial charge in [0.2, 0.25) is 11.7 Å². The average Bonchev–Trinajstić information content (AvgIpc) is 2.98. The molecule has 0 amide bonds. The molecule has 0 bridgehead atoms. The van der Waals surface area contributed by atoms with Crippen molar-refractivity contribution >= 4 is 0 Å². The molecule has 0 spiro atoms. The van der Waals surface area contributed by atoms with E-state index in [2.05, 4.69) is 25.4 Å². The topological polar surface area (TPSA) is 95.2 Å². The van der Waals surface area contributed by atoms with Crippen LogP contribution in [0.2, 0.25) is 0 Å². The second-order valence-electron chi connectivity index (χ2n) is 3.97. The molecule has 3 rings (SSSR count). The molecule has 1 aliphatic heterocycles. The van der Waals surface area contributed by atoms with Crippen LogP contribution in [0.1, 0.15) is 12.0 Å². The van der Waals surface area contributed by atoms with Crippen molar-refractivity contribution in [3.63, 3.8) is 0 Å². The summed E-state index contributed by atoms with van der Waals surface area (Å²) in [7, 11) is 1.54. The number of aromatic nitrogens is 4. The fraction of sp³-hybridized carbons (Fsp3) is 0.455. The monoisotopic (exact) mass is 263 g/mol. The highest BCUT2D eigenvalue weighted by atomic mass is 16.5. The molecule has 8 heteroatoms. The fourth-order valence-corrected chi connectivity index (χ4v) is 1.77. The molecule has 0 aromatic carbocycles. The van der Waals surface area contributed by atoms with Crippen molar-refractivity contribution < 1.29 is 14.0 Å². The van der Waals surface area contributed by atoms with Crippen molar-refractivity contribution in [1.29, 1.82) is 0 Å². The number of nitrogens with one attached hydrogen (secondary N) is 1. The van der Waals surface area contributed by atoms with E-state index in [1.54, 1.807) is 6.07 Å². The molecule has 0 radical (unpaired) electrons. The van der Waals surface area contributed by atoms with E-state index >= 15 is 0 Å². The Bertz CT molecular complexity index is 553. The molecule has 3 heterocycles. The normalized spacial score (nSPS) is 19.3. The lowest BCUT2D eigenvalue weighted by Gasteiger charge is -2.19. The Morgan fingerprint density at radius 1 is 1.42 bits per heavy atom. The van der Waals surface area contributed by atoms with E-state index in [0.29, 0.717) is 36.4 Å². The van der Waals surface area contributed by atoms with Gasteiger partial charge in [-0.2, -0.15) is 4.98 Å². The molecule has 0 saturated carbocycles. The van der Waals surface area contributed by atoms with Crippen LogP contribution < -0.4 is 10.1 Å². The van der Waals surface area contributed by atoms with Gasteiger partial charge in [-0.15, -0.1) is 0 Å². The Kier molecular flexibility index (Phi) is 3.34. The van der Waals surface area contributed by atoms with E-state index in [4.69, 9.17) is 14.0 Å². The summed E-state index contributed by atoms with van der Waals surface area (Å²) in [6.07, 6.45) is 1.18. The standard InChI is InChI=1S/C11H13N5O3/c1-17-9-4-7(13-6-14-9)10-15-11(19-16-10)8-5-12-2-3-18-8/h4,6,8,12H,2-3,5H2,1H3. The third-order valence-corrected chi connectivity index (χ3v) is 2.73.